The zero-order valence-corrected chi connectivity index (χ0v) is 30.5. The predicted octanol–water partition coefficient (Wildman–Crippen LogP) is 13.4. The van der Waals surface area contributed by atoms with Crippen LogP contribution in [0.3, 0.4) is 0 Å². The van der Waals surface area contributed by atoms with Crippen LogP contribution in [-0.2, 0) is 0 Å². The lowest BCUT2D eigenvalue weighted by Gasteiger charge is -2.17. The number of benzene rings is 2. The molecule has 1 unspecified atom stereocenters. The highest BCUT2D eigenvalue weighted by molar-refractivity contribution is 9.10. The van der Waals surface area contributed by atoms with Gasteiger partial charge >= 0.3 is 0 Å². The quantitative estimate of drug-likeness (QED) is 0.0435. The highest BCUT2D eigenvalue weighted by atomic mass is 79.9. The van der Waals surface area contributed by atoms with E-state index in [1.54, 1.807) is 0 Å². The fourth-order valence-corrected chi connectivity index (χ4v) is 6.24. The molecule has 0 spiro atoms. The molecule has 2 aromatic carbocycles. The fourth-order valence-electron chi connectivity index (χ4n) is 5.39. The van der Waals surface area contributed by atoms with Crippen molar-refractivity contribution in [3.8, 4) is 11.5 Å². The Balaban J connectivity index is 1.83. The Morgan fingerprint density at radius 2 is 1.02 bits per heavy atom. The Kier molecular flexibility index (Phi) is 22.3. The molecule has 0 fully saturated rings. The third-order valence-corrected chi connectivity index (χ3v) is 9.90. The van der Waals surface area contributed by atoms with Gasteiger partial charge in [-0.2, -0.15) is 12.6 Å². The third-order valence-electron chi connectivity index (χ3n) is 8.17. The standard InChI is InChI=1S/C38H59BrO2S2/c1-3-5-7-9-11-13-15-17-19-21-29-40-35-28-25-33(38(43)37(42)32-23-26-34(39)27-24-32)31-36(35)41-30-22-20-18-16-14-12-10-8-6-4-2/h23-28,31,37,42H,3-22,29-30H2,1-2H3. The Morgan fingerprint density at radius 3 is 1.49 bits per heavy atom. The molecule has 0 aliphatic rings. The van der Waals surface area contributed by atoms with E-state index in [0.717, 1.165) is 51.4 Å². The largest absolute Gasteiger partial charge is 0.490 e. The van der Waals surface area contributed by atoms with Crippen molar-refractivity contribution in [2.75, 3.05) is 13.2 Å². The van der Waals surface area contributed by atoms with E-state index in [-0.39, 0.29) is 5.25 Å². The SMILES string of the molecule is CCCCCCCCCCCCOc1ccc(C(=S)C(S)c2ccc(Br)cc2)cc1OCCCCCCCCCCCC. The van der Waals surface area contributed by atoms with Crippen LogP contribution in [0.1, 0.15) is 159 Å². The van der Waals surface area contributed by atoms with Crippen LogP contribution in [0.4, 0.5) is 0 Å². The third kappa shape index (κ3) is 17.3. The maximum atomic E-state index is 6.34. The maximum Gasteiger partial charge on any atom is 0.161 e. The van der Waals surface area contributed by atoms with Crippen LogP contribution in [0.15, 0.2) is 46.9 Å². The molecule has 2 nitrogen and oxygen atoms in total. The zero-order chi connectivity index (χ0) is 31.0. The lowest BCUT2D eigenvalue weighted by atomic mass is 10.0. The summed E-state index contributed by atoms with van der Waals surface area (Å²) in [5.41, 5.74) is 2.06. The van der Waals surface area contributed by atoms with Crippen LogP contribution in [0.2, 0.25) is 0 Å². The minimum absolute atomic E-state index is 0.156. The van der Waals surface area contributed by atoms with Crippen molar-refractivity contribution in [1.29, 1.82) is 0 Å². The second-order valence-electron chi connectivity index (χ2n) is 12.0. The van der Waals surface area contributed by atoms with Gasteiger partial charge in [0.2, 0.25) is 0 Å². The van der Waals surface area contributed by atoms with E-state index in [1.165, 1.54) is 116 Å². The summed E-state index contributed by atoms with van der Waals surface area (Å²) in [6, 6.07) is 14.4. The molecule has 242 valence electrons. The van der Waals surface area contributed by atoms with Crippen LogP contribution >= 0.6 is 40.8 Å². The van der Waals surface area contributed by atoms with Gasteiger partial charge in [-0.25, -0.2) is 0 Å². The van der Waals surface area contributed by atoms with E-state index in [9.17, 15) is 0 Å². The molecule has 0 saturated carbocycles. The van der Waals surface area contributed by atoms with Crippen molar-refractivity contribution in [1.82, 2.24) is 0 Å². The second-order valence-corrected chi connectivity index (χ2v) is 13.9. The highest BCUT2D eigenvalue weighted by Gasteiger charge is 2.17. The molecule has 1 atom stereocenters. The molecule has 0 aromatic heterocycles. The Bertz CT molecular complexity index is 978. The van der Waals surface area contributed by atoms with Gasteiger partial charge in [0.1, 0.15) is 0 Å². The van der Waals surface area contributed by atoms with Crippen molar-refractivity contribution in [3.05, 3.63) is 58.1 Å². The molecule has 0 N–H and O–H groups in total. The number of hydrogen-bond donors (Lipinski definition) is 1. The van der Waals surface area contributed by atoms with Crippen molar-refractivity contribution in [3.63, 3.8) is 0 Å². The number of hydrogen-bond acceptors (Lipinski definition) is 4. The van der Waals surface area contributed by atoms with Crippen molar-refractivity contribution in [2.45, 2.75) is 148 Å². The molecule has 0 saturated heterocycles. The molecule has 0 aliphatic heterocycles. The van der Waals surface area contributed by atoms with Crippen LogP contribution in [-0.4, -0.2) is 18.1 Å². The van der Waals surface area contributed by atoms with E-state index in [1.807, 2.05) is 18.2 Å². The Labute approximate surface area is 284 Å². The first kappa shape index (κ1) is 38.1. The van der Waals surface area contributed by atoms with Gasteiger partial charge in [0.25, 0.3) is 0 Å². The molecule has 2 aromatic rings. The number of thiol groups is 1. The first-order valence-electron chi connectivity index (χ1n) is 17.4. The lowest BCUT2D eigenvalue weighted by molar-refractivity contribution is 0.258. The van der Waals surface area contributed by atoms with Crippen LogP contribution < -0.4 is 9.47 Å². The minimum atomic E-state index is -0.156. The first-order chi connectivity index (χ1) is 21.1. The van der Waals surface area contributed by atoms with E-state index < -0.39 is 0 Å². The molecular weight excluding hydrogens is 632 g/mol. The predicted molar refractivity (Wildman–Crippen MR) is 199 cm³/mol. The first-order valence-corrected chi connectivity index (χ1v) is 19.2. The van der Waals surface area contributed by atoms with E-state index in [4.69, 9.17) is 34.3 Å². The molecule has 0 radical (unpaired) electrons. The van der Waals surface area contributed by atoms with E-state index >= 15 is 0 Å². The van der Waals surface area contributed by atoms with Crippen molar-refractivity contribution < 1.29 is 9.47 Å². The smallest absolute Gasteiger partial charge is 0.161 e. The van der Waals surface area contributed by atoms with Crippen molar-refractivity contribution in [2.24, 2.45) is 0 Å². The maximum absolute atomic E-state index is 6.34. The van der Waals surface area contributed by atoms with Gasteiger partial charge in [-0.3, -0.25) is 0 Å². The average Bonchev–Trinajstić information content (AvgIpc) is 3.02. The van der Waals surface area contributed by atoms with Crippen molar-refractivity contribution >= 4 is 45.6 Å². The fraction of sp³-hybridized carbons (Fsp3) is 0.658. The number of unbranched alkanes of at least 4 members (excludes halogenated alkanes) is 18. The lowest BCUT2D eigenvalue weighted by Crippen LogP contribution is -2.08. The highest BCUT2D eigenvalue weighted by Crippen LogP contribution is 2.33. The van der Waals surface area contributed by atoms with Crippen LogP contribution in [0.25, 0.3) is 0 Å². The summed E-state index contributed by atoms with van der Waals surface area (Å²) in [7, 11) is 0. The van der Waals surface area contributed by atoms with E-state index in [2.05, 4.69) is 54.0 Å². The summed E-state index contributed by atoms with van der Waals surface area (Å²) in [5.74, 6) is 1.63. The van der Waals surface area contributed by atoms with Crippen LogP contribution in [0, 0.1) is 0 Å². The topological polar surface area (TPSA) is 18.5 Å². The number of thiocarbonyl (C=S) groups is 1. The Hall–Kier alpha value is -1.04. The Morgan fingerprint density at radius 1 is 0.605 bits per heavy atom. The summed E-state index contributed by atoms with van der Waals surface area (Å²) in [6.07, 6.45) is 26.4. The summed E-state index contributed by atoms with van der Waals surface area (Å²) in [5, 5.41) is -0.156. The average molecular weight is 692 g/mol. The summed E-state index contributed by atoms with van der Waals surface area (Å²) < 4.78 is 13.6. The van der Waals surface area contributed by atoms with Crippen LogP contribution in [0.5, 0.6) is 11.5 Å². The number of halogens is 1. The van der Waals surface area contributed by atoms with E-state index in [0.29, 0.717) is 6.61 Å². The molecule has 0 aliphatic carbocycles. The van der Waals surface area contributed by atoms with Gasteiger partial charge in [-0.1, -0.05) is 170 Å². The van der Waals surface area contributed by atoms with Gasteiger partial charge in [-0.15, -0.1) is 0 Å². The number of rotatable bonds is 27. The van der Waals surface area contributed by atoms with Gasteiger partial charge in [0.05, 0.1) is 18.5 Å². The summed E-state index contributed by atoms with van der Waals surface area (Å²) >= 11 is 14.3. The molecule has 0 heterocycles. The van der Waals surface area contributed by atoms with Gasteiger partial charge in [-0.05, 0) is 54.3 Å². The second kappa shape index (κ2) is 25.2. The molecule has 43 heavy (non-hydrogen) atoms. The summed E-state index contributed by atoms with van der Waals surface area (Å²) in [6.45, 7) is 5.99. The van der Waals surface area contributed by atoms with Gasteiger partial charge in [0.15, 0.2) is 11.5 Å². The normalized spacial score (nSPS) is 11.9. The molecule has 5 heteroatoms. The molecule has 0 bridgehead atoms. The monoisotopic (exact) mass is 690 g/mol. The van der Waals surface area contributed by atoms with Gasteiger partial charge in [0, 0.05) is 9.34 Å². The zero-order valence-electron chi connectivity index (χ0n) is 27.2. The summed E-state index contributed by atoms with van der Waals surface area (Å²) in [4.78, 5) is 0.802. The molecule has 0 amide bonds. The molecular formula is C38H59BrO2S2. The number of ether oxygens (including phenoxy) is 2. The van der Waals surface area contributed by atoms with Gasteiger partial charge < -0.3 is 9.47 Å². The minimum Gasteiger partial charge on any atom is -0.490 e. The molecule has 2 rings (SSSR count).